The van der Waals surface area contributed by atoms with Crippen LogP contribution in [0, 0.1) is 0 Å². The lowest BCUT2D eigenvalue weighted by molar-refractivity contribution is 0.317. The summed E-state index contributed by atoms with van der Waals surface area (Å²) in [5.74, 6) is 0.962. The smallest absolute Gasteiger partial charge is 0.119 e. The van der Waals surface area contributed by atoms with Crippen LogP contribution in [0.1, 0.15) is 52.9 Å². The van der Waals surface area contributed by atoms with Gasteiger partial charge in [-0.3, -0.25) is 0 Å². The molecule has 0 aliphatic carbocycles. The molecule has 0 saturated heterocycles. The van der Waals surface area contributed by atoms with Crippen LogP contribution in [-0.2, 0) is 0 Å². The Morgan fingerprint density at radius 1 is 1.06 bits per heavy atom. The molecule has 102 valence electrons. The summed E-state index contributed by atoms with van der Waals surface area (Å²) in [7, 11) is 0. The minimum atomic E-state index is 0.590. The molecule has 1 aromatic rings. The fraction of sp³-hybridized carbons (Fsp3) is 0.625. The number of nitrogens with one attached hydrogen (secondary N) is 1. The first-order valence-electron chi connectivity index (χ1n) is 7.29. The summed E-state index contributed by atoms with van der Waals surface area (Å²) in [5, 5.41) is 3.59. The number of ether oxygens (including phenoxy) is 1. The first-order valence-corrected chi connectivity index (χ1v) is 7.29. The summed E-state index contributed by atoms with van der Waals surface area (Å²) in [6, 6.07) is 8.90. The van der Waals surface area contributed by atoms with E-state index in [1.54, 1.807) is 0 Å². The van der Waals surface area contributed by atoms with Crippen molar-refractivity contribution >= 4 is 5.69 Å². The molecule has 0 aromatic heterocycles. The average Bonchev–Trinajstić information content (AvgIpc) is 2.42. The van der Waals surface area contributed by atoms with Gasteiger partial charge in [0.2, 0.25) is 0 Å². The molecule has 0 heterocycles. The van der Waals surface area contributed by atoms with Gasteiger partial charge in [0.05, 0.1) is 6.61 Å². The van der Waals surface area contributed by atoms with Gasteiger partial charge in [-0.1, -0.05) is 33.6 Å². The number of anilines is 1. The van der Waals surface area contributed by atoms with Crippen LogP contribution in [-0.4, -0.2) is 12.6 Å². The number of hydrogen-bond donors (Lipinski definition) is 1. The van der Waals surface area contributed by atoms with E-state index in [-0.39, 0.29) is 0 Å². The average molecular weight is 249 g/mol. The Morgan fingerprint density at radius 3 is 2.33 bits per heavy atom. The molecule has 2 nitrogen and oxygen atoms in total. The van der Waals surface area contributed by atoms with Crippen molar-refractivity contribution in [1.29, 1.82) is 0 Å². The van der Waals surface area contributed by atoms with Crippen molar-refractivity contribution in [3.05, 3.63) is 24.3 Å². The maximum Gasteiger partial charge on any atom is 0.119 e. The molecule has 1 atom stereocenters. The molecule has 0 amide bonds. The van der Waals surface area contributed by atoms with Gasteiger partial charge in [-0.15, -0.1) is 0 Å². The first kappa shape index (κ1) is 14.9. The summed E-state index contributed by atoms with van der Waals surface area (Å²) >= 11 is 0. The lowest BCUT2D eigenvalue weighted by Gasteiger charge is -2.18. The number of unbranched alkanes of at least 4 members (excludes halogenated alkanes) is 1. The zero-order valence-electron chi connectivity index (χ0n) is 12.0. The van der Waals surface area contributed by atoms with E-state index < -0.39 is 0 Å². The van der Waals surface area contributed by atoms with E-state index in [0.717, 1.165) is 18.8 Å². The van der Waals surface area contributed by atoms with Gasteiger partial charge < -0.3 is 10.1 Å². The minimum Gasteiger partial charge on any atom is -0.494 e. The van der Waals surface area contributed by atoms with Crippen LogP contribution < -0.4 is 10.1 Å². The molecule has 1 unspecified atom stereocenters. The molecule has 0 aliphatic heterocycles. The second kappa shape index (κ2) is 8.84. The van der Waals surface area contributed by atoms with Crippen molar-refractivity contribution in [3.63, 3.8) is 0 Å². The van der Waals surface area contributed by atoms with Crippen molar-refractivity contribution in [3.8, 4) is 5.75 Å². The van der Waals surface area contributed by atoms with Crippen LogP contribution in [0.15, 0.2) is 24.3 Å². The maximum atomic E-state index is 5.58. The molecule has 0 spiro atoms. The van der Waals surface area contributed by atoms with Crippen molar-refractivity contribution in [2.45, 2.75) is 58.9 Å². The van der Waals surface area contributed by atoms with Gasteiger partial charge in [-0.2, -0.15) is 0 Å². The lowest BCUT2D eigenvalue weighted by atomic mass is 10.1. The van der Waals surface area contributed by atoms with E-state index in [1.165, 1.54) is 31.4 Å². The van der Waals surface area contributed by atoms with Crippen molar-refractivity contribution < 1.29 is 4.74 Å². The van der Waals surface area contributed by atoms with Crippen LogP contribution in [0.5, 0.6) is 5.75 Å². The summed E-state index contributed by atoms with van der Waals surface area (Å²) in [5.41, 5.74) is 1.20. The van der Waals surface area contributed by atoms with Crippen LogP contribution in [0.2, 0.25) is 0 Å². The second-order valence-corrected chi connectivity index (χ2v) is 4.76. The summed E-state index contributed by atoms with van der Waals surface area (Å²) < 4.78 is 5.58. The summed E-state index contributed by atoms with van der Waals surface area (Å²) in [6.45, 7) is 7.40. The number of benzene rings is 1. The number of hydrogen-bond acceptors (Lipinski definition) is 2. The highest BCUT2D eigenvalue weighted by Gasteiger charge is 2.05. The van der Waals surface area contributed by atoms with Gasteiger partial charge in [0.15, 0.2) is 0 Å². The fourth-order valence-corrected chi connectivity index (χ4v) is 1.93. The highest BCUT2D eigenvalue weighted by Crippen LogP contribution is 2.18. The zero-order chi connectivity index (χ0) is 13.2. The van der Waals surface area contributed by atoms with Crippen LogP contribution >= 0.6 is 0 Å². The molecule has 2 heteroatoms. The Labute approximate surface area is 112 Å². The Balaban J connectivity index is 2.45. The van der Waals surface area contributed by atoms with Crippen molar-refractivity contribution in [2.24, 2.45) is 0 Å². The molecule has 18 heavy (non-hydrogen) atoms. The molecule has 0 aliphatic rings. The highest BCUT2D eigenvalue weighted by atomic mass is 16.5. The Morgan fingerprint density at radius 2 is 1.78 bits per heavy atom. The predicted octanol–water partition coefficient (Wildman–Crippen LogP) is 4.86. The molecule has 0 fully saturated rings. The Bertz CT molecular complexity index is 307. The largest absolute Gasteiger partial charge is 0.494 e. The van der Waals surface area contributed by atoms with E-state index >= 15 is 0 Å². The third-order valence-corrected chi connectivity index (χ3v) is 3.10. The van der Waals surface area contributed by atoms with Crippen molar-refractivity contribution in [2.75, 3.05) is 11.9 Å². The predicted molar refractivity (Wildman–Crippen MR) is 79.5 cm³/mol. The molecular weight excluding hydrogens is 222 g/mol. The normalized spacial score (nSPS) is 12.2. The lowest BCUT2D eigenvalue weighted by Crippen LogP contribution is -2.18. The highest BCUT2D eigenvalue weighted by molar-refractivity contribution is 5.47. The van der Waals surface area contributed by atoms with E-state index in [1.807, 2.05) is 12.1 Å². The van der Waals surface area contributed by atoms with Crippen molar-refractivity contribution in [1.82, 2.24) is 0 Å². The van der Waals surface area contributed by atoms with E-state index in [2.05, 4.69) is 38.2 Å². The number of rotatable bonds is 9. The minimum absolute atomic E-state index is 0.590. The fourth-order valence-electron chi connectivity index (χ4n) is 1.93. The van der Waals surface area contributed by atoms with Gasteiger partial charge in [0.1, 0.15) is 5.75 Å². The molecule has 1 N–H and O–H groups in total. The van der Waals surface area contributed by atoms with Crippen LogP contribution in [0.25, 0.3) is 0 Å². The maximum absolute atomic E-state index is 5.58. The summed E-state index contributed by atoms with van der Waals surface area (Å²) in [6.07, 6.45) is 6.04. The second-order valence-electron chi connectivity index (χ2n) is 4.76. The molecule has 1 rings (SSSR count). The van der Waals surface area contributed by atoms with Gasteiger partial charge in [0.25, 0.3) is 0 Å². The van der Waals surface area contributed by atoms with Gasteiger partial charge >= 0.3 is 0 Å². The summed E-state index contributed by atoms with van der Waals surface area (Å²) in [4.78, 5) is 0. The monoisotopic (exact) mass is 249 g/mol. The van der Waals surface area contributed by atoms with E-state index in [0.29, 0.717) is 6.04 Å². The molecule has 0 bridgehead atoms. The van der Waals surface area contributed by atoms with Crippen LogP contribution in [0.3, 0.4) is 0 Å². The van der Waals surface area contributed by atoms with E-state index in [4.69, 9.17) is 4.74 Å². The van der Waals surface area contributed by atoms with Gasteiger partial charge in [-0.25, -0.2) is 0 Å². The quantitative estimate of drug-likeness (QED) is 0.675. The topological polar surface area (TPSA) is 21.3 Å². The Kier molecular flexibility index (Phi) is 7.31. The molecule has 1 aromatic carbocycles. The van der Waals surface area contributed by atoms with Crippen LogP contribution in [0.4, 0.5) is 5.69 Å². The van der Waals surface area contributed by atoms with Gasteiger partial charge in [-0.05, 0) is 43.5 Å². The van der Waals surface area contributed by atoms with Gasteiger partial charge in [0, 0.05) is 11.7 Å². The SMILES string of the molecule is CCCCC(CC)Nc1ccc(OCCC)cc1. The van der Waals surface area contributed by atoms with E-state index in [9.17, 15) is 0 Å². The molecule has 0 saturated carbocycles. The third-order valence-electron chi connectivity index (χ3n) is 3.10. The zero-order valence-corrected chi connectivity index (χ0v) is 12.0. The molecule has 0 radical (unpaired) electrons. The standard InChI is InChI=1S/C16H27NO/c1-4-7-8-14(6-3)17-15-9-11-16(12-10-15)18-13-5-2/h9-12,14,17H,4-8,13H2,1-3H3. The third kappa shape index (κ3) is 5.44. The Hall–Kier alpha value is -1.18. The first-order chi connectivity index (χ1) is 8.80. The molecular formula is C16H27NO.